The van der Waals surface area contributed by atoms with Crippen LogP contribution in [0.3, 0.4) is 0 Å². The van der Waals surface area contributed by atoms with Crippen LogP contribution in [0.25, 0.3) is 0 Å². The predicted molar refractivity (Wildman–Crippen MR) is 82.8 cm³/mol. The summed E-state index contributed by atoms with van der Waals surface area (Å²) >= 11 is 0. The SMILES string of the molecule is Cc1nc(C)c(C)c(N[C@@H]2C[C@H](COS(N)(=O)=O)[C@@H](O)[C@H]2O)n1. The van der Waals surface area contributed by atoms with Crippen molar-refractivity contribution in [3.8, 4) is 0 Å². The van der Waals surface area contributed by atoms with E-state index in [0.29, 0.717) is 18.1 Å². The molecule has 1 saturated carbocycles. The monoisotopic (exact) mass is 346 g/mol. The average Bonchev–Trinajstić information content (AvgIpc) is 2.69. The van der Waals surface area contributed by atoms with E-state index in [-0.39, 0.29) is 6.61 Å². The predicted octanol–water partition coefficient (Wildman–Crippen LogP) is -0.856. The maximum absolute atomic E-state index is 10.8. The number of anilines is 1. The van der Waals surface area contributed by atoms with Crippen molar-refractivity contribution in [3.63, 3.8) is 0 Å². The van der Waals surface area contributed by atoms with Crippen molar-refractivity contribution in [1.29, 1.82) is 0 Å². The standard InChI is InChI=1S/C13H22N4O5S/c1-6-7(2)15-8(3)16-13(6)17-10-4-9(11(18)12(10)19)5-22-23(14,20)21/h9-12,18-19H,4-5H2,1-3H3,(H2,14,20,21)(H,15,16,17)/t9-,10-,11-,12+/m1/s1. The van der Waals surface area contributed by atoms with E-state index < -0.39 is 34.5 Å². The third-order valence-corrected chi connectivity index (χ3v) is 4.54. The lowest BCUT2D eigenvalue weighted by atomic mass is 10.1. The normalized spacial score (nSPS) is 28.1. The molecule has 0 saturated heterocycles. The number of hydrogen-bond donors (Lipinski definition) is 4. The van der Waals surface area contributed by atoms with Gasteiger partial charge in [-0.2, -0.15) is 8.42 Å². The molecule has 4 atom stereocenters. The second-order valence-electron chi connectivity index (χ2n) is 5.83. The first-order chi connectivity index (χ1) is 10.6. The van der Waals surface area contributed by atoms with Gasteiger partial charge in [0, 0.05) is 17.2 Å². The minimum atomic E-state index is -4.08. The van der Waals surface area contributed by atoms with Crippen molar-refractivity contribution in [2.75, 3.05) is 11.9 Å². The molecule has 5 N–H and O–H groups in total. The number of nitrogens with one attached hydrogen (secondary N) is 1. The molecule has 1 aliphatic rings. The van der Waals surface area contributed by atoms with Gasteiger partial charge in [-0.05, 0) is 27.2 Å². The van der Waals surface area contributed by atoms with E-state index in [0.717, 1.165) is 11.3 Å². The Labute approximate surface area is 135 Å². The third kappa shape index (κ3) is 4.36. The lowest BCUT2D eigenvalue weighted by Crippen LogP contribution is -2.36. The lowest BCUT2D eigenvalue weighted by molar-refractivity contribution is 0.00778. The molecule has 0 amide bonds. The van der Waals surface area contributed by atoms with Crippen LogP contribution in [-0.4, -0.2) is 53.5 Å². The number of nitrogens with two attached hydrogens (primary N) is 1. The Morgan fingerprint density at radius 1 is 1.26 bits per heavy atom. The quantitative estimate of drug-likeness (QED) is 0.538. The maximum Gasteiger partial charge on any atom is 0.333 e. The van der Waals surface area contributed by atoms with Crippen LogP contribution < -0.4 is 10.5 Å². The van der Waals surface area contributed by atoms with Gasteiger partial charge in [-0.25, -0.2) is 15.1 Å². The highest BCUT2D eigenvalue weighted by Gasteiger charge is 2.42. The fourth-order valence-electron chi connectivity index (χ4n) is 2.70. The molecule has 1 heterocycles. The Balaban J connectivity index is 2.10. The van der Waals surface area contributed by atoms with E-state index in [1.165, 1.54) is 0 Å². The van der Waals surface area contributed by atoms with Gasteiger partial charge in [0.2, 0.25) is 0 Å². The third-order valence-electron chi connectivity index (χ3n) is 4.07. The zero-order valence-corrected chi connectivity index (χ0v) is 14.0. The summed E-state index contributed by atoms with van der Waals surface area (Å²) in [6, 6.07) is -0.480. The fraction of sp³-hybridized carbons (Fsp3) is 0.692. The van der Waals surface area contributed by atoms with Gasteiger partial charge in [0.05, 0.1) is 18.8 Å². The van der Waals surface area contributed by atoms with Gasteiger partial charge in [0.1, 0.15) is 17.7 Å². The van der Waals surface area contributed by atoms with Crippen molar-refractivity contribution in [2.45, 2.75) is 45.4 Å². The first-order valence-electron chi connectivity index (χ1n) is 7.20. The molecule has 2 rings (SSSR count). The smallest absolute Gasteiger partial charge is 0.333 e. The number of hydrogen-bond acceptors (Lipinski definition) is 8. The Morgan fingerprint density at radius 3 is 2.52 bits per heavy atom. The van der Waals surface area contributed by atoms with E-state index in [4.69, 9.17) is 5.14 Å². The molecule has 9 nitrogen and oxygen atoms in total. The minimum absolute atomic E-state index is 0.282. The van der Waals surface area contributed by atoms with Crippen LogP contribution in [0.4, 0.5) is 5.82 Å². The number of aliphatic hydroxyl groups is 2. The first-order valence-corrected chi connectivity index (χ1v) is 8.67. The van der Waals surface area contributed by atoms with Crippen LogP contribution >= 0.6 is 0 Å². The lowest BCUT2D eigenvalue weighted by Gasteiger charge is -2.20. The fourth-order valence-corrected chi connectivity index (χ4v) is 3.06. The Hall–Kier alpha value is -1.33. The largest absolute Gasteiger partial charge is 0.390 e. The van der Waals surface area contributed by atoms with E-state index in [1.807, 2.05) is 13.8 Å². The van der Waals surface area contributed by atoms with Crippen LogP contribution in [0.2, 0.25) is 0 Å². The molecular formula is C13H22N4O5S. The zero-order chi connectivity index (χ0) is 17.4. The topological polar surface area (TPSA) is 148 Å². The molecule has 1 aliphatic carbocycles. The second kappa shape index (κ2) is 6.65. The van der Waals surface area contributed by atoms with E-state index in [1.54, 1.807) is 6.92 Å². The molecule has 0 unspecified atom stereocenters. The van der Waals surface area contributed by atoms with Gasteiger partial charge in [-0.15, -0.1) is 0 Å². The average molecular weight is 346 g/mol. The summed E-state index contributed by atoms with van der Waals surface area (Å²) in [7, 11) is -4.08. The summed E-state index contributed by atoms with van der Waals surface area (Å²) in [6.07, 6.45) is -1.86. The Kier molecular flexibility index (Phi) is 5.21. The van der Waals surface area contributed by atoms with E-state index in [2.05, 4.69) is 19.5 Å². The highest BCUT2D eigenvalue weighted by atomic mass is 32.2. The van der Waals surface area contributed by atoms with E-state index in [9.17, 15) is 18.6 Å². The number of aromatic nitrogens is 2. The Bertz CT molecular complexity index is 681. The minimum Gasteiger partial charge on any atom is -0.390 e. The molecule has 23 heavy (non-hydrogen) atoms. The Morgan fingerprint density at radius 2 is 1.91 bits per heavy atom. The molecule has 10 heteroatoms. The highest BCUT2D eigenvalue weighted by Crippen LogP contribution is 2.30. The van der Waals surface area contributed by atoms with Crippen molar-refractivity contribution in [1.82, 2.24) is 9.97 Å². The number of aryl methyl sites for hydroxylation is 2. The number of nitrogens with zero attached hydrogens (tertiary/aromatic N) is 2. The van der Waals surface area contributed by atoms with Gasteiger partial charge >= 0.3 is 10.3 Å². The molecule has 0 radical (unpaired) electrons. The maximum atomic E-state index is 10.8. The summed E-state index contributed by atoms with van der Waals surface area (Å²) < 4.78 is 26.2. The molecule has 1 aromatic rings. The zero-order valence-electron chi connectivity index (χ0n) is 13.2. The van der Waals surface area contributed by atoms with Gasteiger partial charge in [0.15, 0.2) is 0 Å². The molecule has 1 fully saturated rings. The summed E-state index contributed by atoms with van der Waals surface area (Å²) in [5.74, 6) is 0.627. The number of rotatable bonds is 5. The van der Waals surface area contributed by atoms with Crippen LogP contribution in [0.15, 0.2) is 0 Å². The van der Waals surface area contributed by atoms with Crippen molar-refractivity contribution in [3.05, 3.63) is 17.1 Å². The summed E-state index contributed by atoms with van der Waals surface area (Å²) in [5, 5.41) is 28.1. The summed E-state index contributed by atoms with van der Waals surface area (Å²) in [6.45, 7) is 5.20. The van der Waals surface area contributed by atoms with Crippen LogP contribution in [0.5, 0.6) is 0 Å². The van der Waals surface area contributed by atoms with Crippen LogP contribution in [-0.2, 0) is 14.5 Å². The van der Waals surface area contributed by atoms with Gasteiger partial charge in [0.25, 0.3) is 0 Å². The molecule has 0 bridgehead atoms. The molecular weight excluding hydrogens is 324 g/mol. The number of aliphatic hydroxyl groups excluding tert-OH is 2. The molecule has 1 aromatic heterocycles. The van der Waals surface area contributed by atoms with Gasteiger partial charge < -0.3 is 15.5 Å². The molecule has 130 valence electrons. The van der Waals surface area contributed by atoms with Gasteiger partial charge in [-0.3, -0.25) is 4.18 Å². The highest BCUT2D eigenvalue weighted by molar-refractivity contribution is 7.84. The van der Waals surface area contributed by atoms with Gasteiger partial charge in [-0.1, -0.05) is 0 Å². The first kappa shape index (κ1) is 18.0. The van der Waals surface area contributed by atoms with Crippen molar-refractivity contribution >= 4 is 16.1 Å². The van der Waals surface area contributed by atoms with Crippen molar-refractivity contribution < 1.29 is 22.8 Å². The van der Waals surface area contributed by atoms with Crippen LogP contribution in [0.1, 0.15) is 23.5 Å². The molecule has 0 aromatic carbocycles. The molecule has 0 aliphatic heterocycles. The molecule has 0 spiro atoms. The summed E-state index contributed by atoms with van der Waals surface area (Å²) in [4.78, 5) is 8.55. The second-order valence-corrected chi connectivity index (χ2v) is 7.06. The summed E-state index contributed by atoms with van der Waals surface area (Å²) in [5.41, 5.74) is 1.67. The van der Waals surface area contributed by atoms with Crippen LogP contribution in [0, 0.1) is 26.7 Å². The van der Waals surface area contributed by atoms with Crippen molar-refractivity contribution in [2.24, 2.45) is 11.1 Å². The van der Waals surface area contributed by atoms with E-state index >= 15 is 0 Å².